The van der Waals surface area contributed by atoms with Crippen molar-refractivity contribution < 1.29 is 50.4 Å². The van der Waals surface area contributed by atoms with Crippen LogP contribution in [0.1, 0.15) is 70.6 Å². The minimum atomic E-state index is -4.78. The number of halogens is 5. The van der Waals surface area contributed by atoms with Gasteiger partial charge in [0, 0.05) is 31.1 Å². The Hall–Kier alpha value is -5.05. The summed E-state index contributed by atoms with van der Waals surface area (Å²) >= 11 is 0. The van der Waals surface area contributed by atoms with Crippen LogP contribution in [0.25, 0.3) is 32.9 Å². The van der Waals surface area contributed by atoms with Gasteiger partial charge in [-0.1, -0.05) is 12.0 Å². The number of alkyl halides is 3. The van der Waals surface area contributed by atoms with E-state index in [0.717, 1.165) is 12.8 Å². The molecule has 318 valence electrons. The molecule has 0 radical (unpaired) electrons. The number of anilines is 1. The van der Waals surface area contributed by atoms with Gasteiger partial charge in [-0.15, -0.1) is 19.6 Å². The summed E-state index contributed by atoms with van der Waals surface area (Å²) in [5, 5.41) is 1.10. The number of terminal acetylenes is 1. The lowest BCUT2D eigenvalue weighted by Gasteiger charge is -2.47. The molecule has 60 heavy (non-hydrogen) atoms. The fourth-order valence-electron chi connectivity index (χ4n) is 10.2. The maximum Gasteiger partial charge on any atom is 0.522 e. The van der Waals surface area contributed by atoms with Crippen molar-refractivity contribution in [2.45, 2.75) is 107 Å². The largest absolute Gasteiger partial charge is 0.522 e. The summed E-state index contributed by atoms with van der Waals surface area (Å²) in [7, 11) is 1.46. The van der Waals surface area contributed by atoms with E-state index in [4.69, 9.17) is 35.3 Å². The number of hydrogen-bond acceptors (Lipinski definition) is 11. The third-order valence-electron chi connectivity index (χ3n) is 12.5. The summed E-state index contributed by atoms with van der Waals surface area (Å²) < 4.78 is 101. The van der Waals surface area contributed by atoms with Gasteiger partial charge in [0.05, 0.1) is 46.4 Å². The smallest absolute Gasteiger partial charge is 0.468 e. The number of carbonyl (C=O) groups excluding carboxylic acids is 1. The van der Waals surface area contributed by atoms with E-state index in [0.29, 0.717) is 66.8 Å². The molecule has 5 aliphatic heterocycles. The van der Waals surface area contributed by atoms with Crippen LogP contribution in [0.5, 0.6) is 11.8 Å². The van der Waals surface area contributed by atoms with Gasteiger partial charge in [0.2, 0.25) is 0 Å². The molecule has 2 aromatic carbocycles. The Morgan fingerprint density at radius 1 is 1.02 bits per heavy atom. The first-order valence-corrected chi connectivity index (χ1v) is 20.2. The number of piperazine rings is 1. The standard InChI is InChI=1S/C43H45F5N6O6/c1-6-27-29(44)10-8-23-16-25(58-22-56-5)17-28(33(23)27)36-35(45)37-34-30(49-36)11-13-31-32-12-9-24(54(32)40(55)60-41(2,3)4)19-53(31)38(34)51-39(50-37)57-21-42-14-7-15-52(42)20-26(18-42)59-43(46,47)48/h1,8,10,16-17,24,26,31-32H,7,9,11-15,18-22H2,2-5H3/t24-,26-,31-,32+,42-/m1/s1. The second-order valence-corrected chi connectivity index (χ2v) is 17.4. The van der Waals surface area contributed by atoms with Crippen molar-refractivity contribution in [3.8, 4) is 35.4 Å². The highest BCUT2D eigenvalue weighted by Gasteiger charge is 2.53. The van der Waals surface area contributed by atoms with Gasteiger partial charge >= 0.3 is 18.5 Å². The van der Waals surface area contributed by atoms with Crippen molar-refractivity contribution in [1.82, 2.24) is 24.8 Å². The van der Waals surface area contributed by atoms with Crippen LogP contribution in [0.3, 0.4) is 0 Å². The maximum absolute atomic E-state index is 17.7. The van der Waals surface area contributed by atoms with Gasteiger partial charge in [-0.2, -0.15) is 9.97 Å². The summed E-state index contributed by atoms with van der Waals surface area (Å²) in [5.74, 6) is 1.60. The molecule has 0 N–H and O–H groups in total. The number of aryl methyl sites for hydroxylation is 1. The molecule has 5 atom stereocenters. The molecule has 4 aromatic rings. The maximum atomic E-state index is 17.7. The average molecular weight is 837 g/mol. The van der Waals surface area contributed by atoms with E-state index in [1.165, 1.54) is 25.3 Å². The molecule has 1 amide bonds. The Bertz CT molecular complexity index is 2420. The van der Waals surface area contributed by atoms with Crippen LogP contribution in [0.15, 0.2) is 24.3 Å². The molecular formula is C43H45F5N6O6. The summed E-state index contributed by atoms with van der Waals surface area (Å²) in [4.78, 5) is 34.1. The van der Waals surface area contributed by atoms with Gasteiger partial charge in [-0.3, -0.25) is 14.5 Å². The molecule has 4 saturated heterocycles. The molecule has 0 aliphatic carbocycles. The molecular weight excluding hydrogens is 791 g/mol. The Balaban J connectivity index is 1.19. The molecule has 12 nitrogen and oxygen atoms in total. The fraction of sp³-hybridized carbons (Fsp3) is 0.535. The van der Waals surface area contributed by atoms with E-state index in [9.17, 15) is 18.0 Å². The Labute approximate surface area is 343 Å². The van der Waals surface area contributed by atoms with Gasteiger partial charge in [0.1, 0.15) is 40.8 Å². The summed E-state index contributed by atoms with van der Waals surface area (Å²) in [5.41, 5.74) is -1.16. The number of ether oxygens (including phenoxy) is 5. The number of amides is 1. The molecule has 9 rings (SSSR count). The Morgan fingerprint density at radius 2 is 1.83 bits per heavy atom. The van der Waals surface area contributed by atoms with Crippen molar-refractivity contribution in [3.05, 3.63) is 47.2 Å². The number of carbonyl (C=O) groups is 1. The quantitative estimate of drug-likeness (QED) is 0.0999. The lowest BCUT2D eigenvalue weighted by atomic mass is 9.94. The highest BCUT2D eigenvalue weighted by molar-refractivity contribution is 6.03. The van der Waals surface area contributed by atoms with Gasteiger partial charge < -0.3 is 23.8 Å². The monoisotopic (exact) mass is 836 g/mol. The van der Waals surface area contributed by atoms with Crippen LogP contribution in [0.2, 0.25) is 0 Å². The fourth-order valence-corrected chi connectivity index (χ4v) is 10.2. The van der Waals surface area contributed by atoms with Gasteiger partial charge in [0.15, 0.2) is 12.6 Å². The second kappa shape index (κ2) is 14.8. The number of rotatable bonds is 8. The number of aromatic nitrogens is 3. The summed E-state index contributed by atoms with van der Waals surface area (Å²) in [6, 6.07) is 5.05. The number of pyridine rings is 1. The number of benzene rings is 2. The third-order valence-corrected chi connectivity index (χ3v) is 12.5. The van der Waals surface area contributed by atoms with Gasteiger partial charge in [0.25, 0.3) is 0 Å². The molecule has 2 aromatic heterocycles. The Kier molecular flexibility index (Phi) is 9.98. The lowest BCUT2D eigenvalue weighted by molar-refractivity contribution is -0.340. The SMILES string of the molecule is C#Cc1c(F)ccc2cc(OCOC)cc(-c3nc4c5c(nc(OC[C@]67CCCN6C[C@H](OC(F)(F)F)C7)nc5c3F)N3C[C@H]5CC[C@@H]([C@H]3CC4)N5C(=O)OC(C)(C)C)c12. The number of fused-ring (bicyclic) bond motifs is 7. The van der Waals surface area contributed by atoms with Crippen molar-refractivity contribution in [2.24, 2.45) is 0 Å². The van der Waals surface area contributed by atoms with Gasteiger partial charge in [-0.25, -0.2) is 18.6 Å². The van der Waals surface area contributed by atoms with E-state index in [-0.39, 0.29) is 78.2 Å². The summed E-state index contributed by atoms with van der Waals surface area (Å²) in [6.45, 7) is 6.34. The third kappa shape index (κ3) is 7.09. The molecule has 17 heteroatoms. The molecule has 5 aliphatic rings. The predicted octanol–water partition coefficient (Wildman–Crippen LogP) is 7.51. The van der Waals surface area contributed by atoms with Crippen LogP contribution in [0, 0.1) is 24.0 Å². The normalized spacial score (nSPS) is 25.0. The van der Waals surface area contributed by atoms with E-state index >= 15 is 8.78 Å². The van der Waals surface area contributed by atoms with Crippen LogP contribution < -0.4 is 14.4 Å². The lowest BCUT2D eigenvalue weighted by Crippen LogP contribution is -2.62. The van der Waals surface area contributed by atoms with Crippen molar-refractivity contribution in [2.75, 3.05) is 45.0 Å². The van der Waals surface area contributed by atoms with Crippen LogP contribution in [0.4, 0.5) is 32.6 Å². The minimum absolute atomic E-state index is 0.0580. The zero-order chi connectivity index (χ0) is 42.3. The molecule has 0 unspecified atom stereocenters. The first-order valence-electron chi connectivity index (χ1n) is 20.2. The zero-order valence-corrected chi connectivity index (χ0v) is 33.7. The minimum Gasteiger partial charge on any atom is -0.468 e. The summed E-state index contributed by atoms with van der Waals surface area (Å²) in [6.07, 6.45) is 3.31. The van der Waals surface area contributed by atoms with Crippen molar-refractivity contribution in [3.63, 3.8) is 0 Å². The number of hydrogen-bond donors (Lipinski definition) is 0. The molecule has 0 spiro atoms. The molecule has 4 fully saturated rings. The van der Waals surface area contributed by atoms with Crippen molar-refractivity contribution >= 4 is 33.6 Å². The highest BCUT2D eigenvalue weighted by Crippen LogP contribution is 2.47. The van der Waals surface area contributed by atoms with E-state index in [2.05, 4.69) is 20.5 Å². The second-order valence-electron chi connectivity index (χ2n) is 17.4. The van der Waals surface area contributed by atoms with E-state index in [1.807, 2.05) is 30.6 Å². The molecule has 7 heterocycles. The molecule has 2 bridgehead atoms. The van der Waals surface area contributed by atoms with Gasteiger partial charge in [-0.05, 0) is 95.8 Å². The zero-order valence-electron chi connectivity index (χ0n) is 33.7. The van der Waals surface area contributed by atoms with Crippen LogP contribution in [-0.2, 0) is 20.6 Å². The first-order chi connectivity index (χ1) is 28.6. The Morgan fingerprint density at radius 3 is 2.58 bits per heavy atom. The van der Waals surface area contributed by atoms with Crippen molar-refractivity contribution in [1.29, 1.82) is 0 Å². The first kappa shape index (κ1) is 40.4. The van der Waals surface area contributed by atoms with E-state index in [1.54, 1.807) is 6.07 Å². The van der Waals surface area contributed by atoms with Crippen LogP contribution in [-0.4, -0.2) is 113 Å². The molecule has 0 saturated carbocycles. The average Bonchev–Trinajstić information content (AvgIpc) is 3.80. The number of methoxy groups -OCH3 is 1. The predicted molar refractivity (Wildman–Crippen MR) is 210 cm³/mol. The topological polar surface area (TPSA) is 112 Å². The van der Waals surface area contributed by atoms with Crippen LogP contribution >= 0.6 is 0 Å². The number of nitrogens with zero attached hydrogens (tertiary/aromatic N) is 6. The highest BCUT2D eigenvalue weighted by atomic mass is 19.4. The van der Waals surface area contributed by atoms with E-state index < -0.39 is 41.3 Å².